The van der Waals surface area contributed by atoms with Gasteiger partial charge in [-0.2, -0.15) is 9.40 Å². The van der Waals surface area contributed by atoms with Gasteiger partial charge in [-0.25, -0.2) is 8.42 Å². The van der Waals surface area contributed by atoms with Gasteiger partial charge in [-0.3, -0.25) is 4.68 Å². The Balaban J connectivity index is 3.35. The van der Waals surface area contributed by atoms with E-state index < -0.39 is 10.0 Å². The fourth-order valence-corrected chi connectivity index (χ4v) is 4.52. The van der Waals surface area contributed by atoms with Crippen LogP contribution in [0.2, 0.25) is 0 Å². The molecule has 0 saturated carbocycles. The molecule has 1 atom stereocenters. The number of sulfonamides is 1. The Morgan fingerprint density at radius 1 is 1.35 bits per heavy atom. The number of rotatable bonds is 7. The highest BCUT2D eigenvalue weighted by Gasteiger charge is 2.32. The monoisotopic (exact) mass is 302 g/mol. The predicted octanol–water partition coefficient (Wildman–Crippen LogP) is 1.27. The quantitative estimate of drug-likeness (QED) is 0.822. The van der Waals surface area contributed by atoms with Gasteiger partial charge >= 0.3 is 0 Å². The van der Waals surface area contributed by atoms with Crippen molar-refractivity contribution in [2.45, 2.75) is 58.5 Å². The molecule has 0 aromatic carbocycles. The highest BCUT2D eigenvalue weighted by Crippen LogP contribution is 2.25. The van der Waals surface area contributed by atoms with E-state index in [2.05, 4.69) is 5.10 Å². The van der Waals surface area contributed by atoms with Crippen LogP contribution in [-0.2, 0) is 16.6 Å². The van der Waals surface area contributed by atoms with Crippen molar-refractivity contribution >= 4 is 10.0 Å². The normalized spacial score (nSPS) is 13.9. The van der Waals surface area contributed by atoms with Crippen molar-refractivity contribution in [1.82, 2.24) is 14.1 Å². The van der Waals surface area contributed by atoms with E-state index >= 15 is 0 Å². The summed E-state index contributed by atoms with van der Waals surface area (Å²) in [6, 6.07) is -0.0262. The Bertz CT molecular complexity index is 551. The molecule has 0 aliphatic carbocycles. The molecule has 1 unspecified atom stereocenters. The highest BCUT2D eigenvalue weighted by molar-refractivity contribution is 7.89. The summed E-state index contributed by atoms with van der Waals surface area (Å²) in [7, 11) is -3.51. The van der Waals surface area contributed by atoms with Crippen LogP contribution in [0.4, 0.5) is 0 Å². The topological polar surface area (TPSA) is 81.2 Å². The maximum atomic E-state index is 12.9. The summed E-state index contributed by atoms with van der Waals surface area (Å²) < 4.78 is 28.9. The van der Waals surface area contributed by atoms with Crippen LogP contribution in [0, 0.1) is 13.8 Å². The molecular formula is C13H26N4O2S. The van der Waals surface area contributed by atoms with Crippen LogP contribution in [0.25, 0.3) is 0 Å². The maximum Gasteiger partial charge on any atom is 0.246 e. The first-order chi connectivity index (χ1) is 9.31. The fourth-order valence-electron chi connectivity index (χ4n) is 2.43. The van der Waals surface area contributed by atoms with E-state index in [0.717, 1.165) is 6.42 Å². The summed E-state index contributed by atoms with van der Waals surface area (Å²) >= 11 is 0. The van der Waals surface area contributed by atoms with Crippen LogP contribution >= 0.6 is 0 Å². The molecular weight excluding hydrogens is 276 g/mol. The molecule has 1 aromatic heterocycles. The van der Waals surface area contributed by atoms with Gasteiger partial charge in [-0.05, 0) is 27.2 Å². The molecule has 0 bridgehead atoms. The molecule has 0 amide bonds. The lowest BCUT2D eigenvalue weighted by Gasteiger charge is -2.26. The Morgan fingerprint density at radius 2 is 1.95 bits per heavy atom. The number of nitrogens with zero attached hydrogens (tertiary/aromatic N) is 3. The number of hydrogen-bond acceptors (Lipinski definition) is 4. The van der Waals surface area contributed by atoms with Crippen molar-refractivity contribution < 1.29 is 8.42 Å². The molecule has 1 heterocycles. The summed E-state index contributed by atoms with van der Waals surface area (Å²) in [4.78, 5) is 0.327. The first-order valence-corrected chi connectivity index (χ1v) is 8.51. The summed E-state index contributed by atoms with van der Waals surface area (Å²) in [5, 5.41) is 4.30. The summed E-state index contributed by atoms with van der Waals surface area (Å²) in [6.07, 6.45) is 0.780. The molecule has 0 aliphatic heterocycles. The Hall–Kier alpha value is -0.920. The molecule has 0 radical (unpaired) electrons. The Morgan fingerprint density at radius 3 is 2.40 bits per heavy atom. The SMILES string of the molecule is CCC(C)N(CC)S(=O)(=O)c1c(C)nn(CCN)c1C. The van der Waals surface area contributed by atoms with Crippen LogP contribution in [0.5, 0.6) is 0 Å². The van der Waals surface area contributed by atoms with Gasteiger partial charge < -0.3 is 5.73 Å². The van der Waals surface area contributed by atoms with Crippen LogP contribution in [-0.4, -0.2) is 41.6 Å². The molecule has 0 spiro atoms. The lowest BCUT2D eigenvalue weighted by atomic mass is 10.3. The molecule has 7 heteroatoms. The smallest absolute Gasteiger partial charge is 0.246 e. The van der Waals surface area contributed by atoms with Gasteiger partial charge in [0.1, 0.15) is 4.90 Å². The van der Waals surface area contributed by atoms with Gasteiger partial charge in [0.15, 0.2) is 0 Å². The van der Waals surface area contributed by atoms with Crippen LogP contribution in [0.1, 0.15) is 38.6 Å². The zero-order valence-electron chi connectivity index (χ0n) is 13.0. The number of aryl methyl sites for hydroxylation is 1. The second kappa shape index (κ2) is 6.69. The molecule has 116 valence electrons. The van der Waals surface area contributed by atoms with Gasteiger partial charge in [0, 0.05) is 19.1 Å². The van der Waals surface area contributed by atoms with Crippen LogP contribution in [0.15, 0.2) is 4.90 Å². The first kappa shape index (κ1) is 17.1. The number of nitrogens with two attached hydrogens (primary N) is 1. The molecule has 1 rings (SSSR count). The van der Waals surface area contributed by atoms with E-state index in [1.165, 1.54) is 4.31 Å². The van der Waals surface area contributed by atoms with E-state index in [1.807, 2.05) is 20.8 Å². The molecule has 20 heavy (non-hydrogen) atoms. The van der Waals surface area contributed by atoms with E-state index in [-0.39, 0.29) is 6.04 Å². The van der Waals surface area contributed by atoms with E-state index in [1.54, 1.807) is 18.5 Å². The first-order valence-electron chi connectivity index (χ1n) is 7.07. The minimum absolute atomic E-state index is 0.0262. The molecule has 0 fully saturated rings. The second-order valence-electron chi connectivity index (χ2n) is 4.98. The fraction of sp³-hybridized carbons (Fsp3) is 0.769. The molecule has 0 saturated heterocycles. The van der Waals surface area contributed by atoms with Crippen LogP contribution < -0.4 is 5.73 Å². The lowest BCUT2D eigenvalue weighted by Crippen LogP contribution is -2.38. The van der Waals surface area contributed by atoms with Gasteiger partial charge in [0.2, 0.25) is 10.0 Å². The highest BCUT2D eigenvalue weighted by atomic mass is 32.2. The molecule has 2 N–H and O–H groups in total. The summed E-state index contributed by atoms with van der Waals surface area (Å²) in [5.41, 5.74) is 6.73. The number of hydrogen-bond donors (Lipinski definition) is 1. The standard InChI is InChI=1S/C13H26N4O2S/c1-6-10(3)17(7-2)20(18,19)13-11(4)15-16(9-8-14)12(13)5/h10H,6-9,14H2,1-5H3. The van der Waals surface area contributed by atoms with E-state index in [0.29, 0.717) is 35.9 Å². The van der Waals surface area contributed by atoms with Gasteiger partial charge in [0.25, 0.3) is 0 Å². The zero-order chi connectivity index (χ0) is 15.5. The lowest BCUT2D eigenvalue weighted by molar-refractivity contribution is 0.342. The van der Waals surface area contributed by atoms with Crippen molar-refractivity contribution in [3.63, 3.8) is 0 Å². The minimum atomic E-state index is -3.51. The van der Waals surface area contributed by atoms with Crippen molar-refractivity contribution in [3.05, 3.63) is 11.4 Å². The van der Waals surface area contributed by atoms with Gasteiger partial charge in [-0.15, -0.1) is 0 Å². The van der Waals surface area contributed by atoms with Crippen molar-refractivity contribution in [1.29, 1.82) is 0 Å². The molecule has 0 aliphatic rings. The maximum absolute atomic E-state index is 12.9. The van der Waals surface area contributed by atoms with Gasteiger partial charge in [0.05, 0.1) is 17.9 Å². The second-order valence-corrected chi connectivity index (χ2v) is 6.80. The third-order valence-electron chi connectivity index (χ3n) is 3.62. The predicted molar refractivity (Wildman–Crippen MR) is 80.1 cm³/mol. The van der Waals surface area contributed by atoms with Crippen molar-refractivity contribution in [2.24, 2.45) is 5.73 Å². The third kappa shape index (κ3) is 3.05. The zero-order valence-corrected chi connectivity index (χ0v) is 13.9. The summed E-state index contributed by atoms with van der Waals surface area (Å²) in [6.45, 7) is 10.7. The molecule has 1 aromatic rings. The van der Waals surface area contributed by atoms with E-state index in [4.69, 9.17) is 5.73 Å². The summed E-state index contributed by atoms with van der Waals surface area (Å²) in [5.74, 6) is 0. The average molecular weight is 302 g/mol. The van der Waals surface area contributed by atoms with Crippen LogP contribution in [0.3, 0.4) is 0 Å². The van der Waals surface area contributed by atoms with E-state index in [9.17, 15) is 8.42 Å². The van der Waals surface area contributed by atoms with Crippen molar-refractivity contribution in [2.75, 3.05) is 13.1 Å². The van der Waals surface area contributed by atoms with Gasteiger partial charge in [-0.1, -0.05) is 13.8 Å². The number of aromatic nitrogens is 2. The average Bonchev–Trinajstić information content (AvgIpc) is 2.65. The molecule has 6 nitrogen and oxygen atoms in total. The Labute approximate surface area is 122 Å². The minimum Gasteiger partial charge on any atom is -0.329 e. The third-order valence-corrected chi connectivity index (χ3v) is 5.96. The Kier molecular flexibility index (Phi) is 5.73. The largest absolute Gasteiger partial charge is 0.329 e. The van der Waals surface area contributed by atoms with Crippen molar-refractivity contribution in [3.8, 4) is 0 Å².